The molecule has 2 aromatic heterocycles. The van der Waals surface area contributed by atoms with Gasteiger partial charge in [0.25, 0.3) is 0 Å². The summed E-state index contributed by atoms with van der Waals surface area (Å²) in [5.74, 6) is -1.00. The normalized spacial score (nSPS) is 13.5. The van der Waals surface area contributed by atoms with E-state index in [4.69, 9.17) is 0 Å². The Hall–Kier alpha value is -2.26. The lowest BCUT2D eigenvalue weighted by Crippen LogP contribution is -2.16. The Morgan fingerprint density at radius 1 is 1.27 bits per heavy atom. The maximum Gasteiger partial charge on any atom is 0.234 e. The summed E-state index contributed by atoms with van der Waals surface area (Å²) >= 11 is 3.04. The average Bonchev–Trinajstić information content (AvgIpc) is 3.32. The molecule has 1 aliphatic carbocycles. The standard InChI is InChI=1S/C21H22F2N4OS2/c1-12(2)27-20(15-10-29-18-6-4-3-5-14(15)18)25-26-21(27)30-11-19(28)24-17-8-7-13(22)9-16(17)23/h7-10,12H,3-6,11H2,1-2H3,(H,24,28). The summed E-state index contributed by atoms with van der Waals surface area (Å²) < 4.78 is 28.8. The van der Waals surface area contributed by atoms with Crippen LogP contribution in [-0.2, 0) is 17.6 Å². The van der Waals surface area contributed by atoms with Crippen LogP contribution in [-0.4, -0.2) is 26.4 Å². The lowest BCUT2D eigenvalue weighted by molar-refractivity contribution is -0.113. The predicted molar refractivity (Wildman–Crippen MR) is 116 cm³/mol. The molecule has 158 valence electrons. The SMILES string of the molecule is CC(C)n1c(SCC(=O)Nc2ccc(F)cc2F)nnc1-c1csc2c1CCCC2. The second kappa shape index (κ2) is 8.85. The number of rotatable bonds is 6. The van der Waals surface area contributed by atoms with Crippen LogP contribution >= 0.6 is 23.1 Å². The van der Waals surface area contributed by atoms with Crippen molar-refractivity contribution in [2.24, 2.45) is 0 Å². The topological polar surface area (TPSA) is 59.8 Å². The minimum Gasteiger partial charge on any atom is -0.323 e. The number of hydrogen-bond acceptors (Lipinski definition) is 5. The molecular weight excluding hydrogens is 426 g/mol. The van der Waals surface area contributed by atoms with Gasteiger partial charge in [0.1, 0.15) is 11.6 Å². The number of thiophene rings is 1. The van der Waals surface area contributed by atoms with Crippen molar-refractivity contribution in [3.63, 3.8) is 0 Å². The van der Waals surface area contributed by atoms with E-state index in [1.807, 2.05) is 4.57 Å². The van der Waals surface area contributed by atoms with Crippen LogP contribution in [0.3, 0.4) is 0 Å². The molecule has 9 heteroatoms. The molecule has 0 atom stereocenters. The smallest absolute Gasteiger partial charge is 0.234 e. The van der Waals surface area contributed by atoms with Crippen molar-refractivity contribution in [2.45, 2.75) is 50.7 Å². The highest BCUT2D eigenvalue weighted by molar-refractivity contribution is 7.99. The van der Waals surface area contributed by atoms with Crippen molar-refractivity contribution in [1.29, 1.82) is 0 Å². The zero-order chi connectivity index (χ0) is 21.3. The minimum absolute atomic E-state index is 0.0436. The third-order valence-corrected chi connectivity index (χ3v) is 7.05. The van der Waals surface area contributed by atoms with Crippen LogP contribution in [0.5, 0.6) is 0 Å². The molecule has 0 radical (unpaired) electrons. The zero-order valence-corrected chi connectivity index (χ0v) is 18.4. The number of nitrogens with one attached hydrogen (secondary N) is 1. The molecule has 4 rings (SSSR count). The van der Waals surface area contributed by atoms with Gasteiger partial charge in [-0.25, -0.2) is 8.78 Å². The second-order valence-electron chi connectivity index (χ2n) is 7.49. The van der Waals surface area contributed by atoms with Gasteiger partial charge in [-0.15, -0.1) is 21.5 Å². The van der Waals surface area contributed by atoms with Crippen molar-refractivity contribution in [3.8, 4) is 11.4 Å². The first-order chi connectivity index (χ1) is 14.4. The summed E-state index contributed by atoms with van der Waals surface area (Å²) in [7, 11) is 0. The van der Waals surface area contributed by atoms with E-state index in [0.717, 1.165) is 36.4 Å². The van der Waals surface area contributed by atoms with Gasteiger partial charge in [0.05, 0.1) is 11.4 Å². The number of nitrogens with zero attached hydrogens (tertiary/aromatic N) is 3. The molecule has 1 aliphatic rings. The third kappa shape index (κ3) is 4.27. The van der Waals surface area contributed by atoms with E-state index in [1.165, 1.54) is 41.1 Å². The van der Waals surface area contributed by atoms with Crippen molar-refractivity contribution >= 4 is 34.7 Å². The van der Waals surface area contributed by atoms with Gasteiger partial charge in [-0.05, 0) is 57.2 Å². The number of aryl methyl sites for hydroxylation is 1. The molecule has 0 bridgehead atoms. The first kappa shape index (κ1) is 21.0. The summed E-state index contributed by atoms with van der Waals surface area (Å²) in [4.78, 5) is 13.7. The minimum atomic E-state index is -0.803. The van der Waals surface area contributed by atoms with Gasteiger partial charge < -0.3 is 5.32 Å². The number of carbonyl (C=O) groups is 1. The first-order valence-electron chi connectivity index (χ1n) is 9.86. The Bertz CT molecular complexity index is 1080. The van der Waals surface area contributed by atoms with Crippen molar-refractivity contribution in [3.05, 3.63) is 45.7 Å². The van der Waals surface area contributed by atoms with Crippen LogP contribution in [0, 0.1) is 11.6 Å². The molecule has 2 heterocycles. The van der Waals surface area contributed by atoms with Gasteiger partial charge >= 0.3 is 0 Å². The summed E-state index contributed by atoms with van der Waals surface area (Å²) in [6.45, 7) is 4.12. The van der Waals surface area contributed by atoms with Crippen LogP contribution in [0.2, 0.25) is 0 Å². The Balaban J connectivity index is 1.51. The van der Waals surface area contributed by atoms with E-state index in [2.05, 4.69) is 34.7 Å². The maximum atomic E-state index is 13.8. The molecule has 0 spiro atoms. The van der Waals surface area contributed by atoms with Gasteiger partial charge in [0.2, 0.25) is 5.91 Å². The number of amides is 1. The Morgan fingerprint density at radius 3 is 2.83 bits per heavy atom. The van der Waals surface area contributed by atoms with Gasteiger partial charge in [-0.2, -0.15) is 0 Å². The summed E-state index contributed by atoms with van der Waals surface area (Å²) in [6, 6.07) is 3.18. The monoisotopic (exact) mass is 448 g/mol. The fourth-order valence-electron chi connectivity index (χ4n) is 3.61. The van der Waals surface area contributed by atoms with E-state index in [-0.39, 0.29) is 17.5 Å². The van der Waals surface area contributed by atoms with Crippen LogP contribution < -0.4 is 5.32 Å². The molecule has 1 aromatic carbocycles. The van der Waals surface area contributed by atoms with Crippen molar-refractivity contribution in [2.75, 3.05) is 11.1 Å². The summed E-state index contributed by atoms with van der Waals surface area (Å²) in [6.07, 6.45) is 4.60. The van der Waals surface area contributed by atoms with Gasteiger partial charge in [-0.1, -0.05) is 11.8 Å². The summed E-state index contributed by atoms with van der Waals surface area (Å²) in [5.41, 5.74) is 2.47. The molecular formula is C21H22F2N4OS2. The average molecular weight is 449 g/mol. The second-order valence-corrected chi connectivity index (χ2v) is 9.40. The number of aromatic nitrogens is 3. The number of benzene rings is 1. The van der Waals surface area contributed by atoms with E-state index >= 15 is 0 Å². The Labute approximate surface area is 181 Å². The number of fused-ring (bicyclic) bond motifs is 1. The third-order valence-electron chi connectivity index (χ3n) is 5.02. The lowest BCUT2D eigenvalue weighted by Gasteiger charge is -2.16. The lowest BCUT2D eigenvalue weighted by atomic mass is 9.95. The van der Waals surface area contributed by atoms with Gasteiger partial charge in [0, 0.05) is 27.9 Å². The molecule has 0 saturated carbocycles. The van der Waals surface area contributed by atoms with Crippen molar-refractivity contribution in [1.82, 2.24) is 14.8 Å². The number of anilines is 1. The summed E-state index contributed by atoms with van der Waals surface area (Å²) in [5, 5.41) is 14.0. The largest absolute Gasteiger partial charge is 0.323 e. The fourth-order valence-corrected chi connectivity index (χ4v) is 5.60. The molecule has 30 heavy (non-hydrogen) atoms. The van der Waals surface area contributed by atoms with E-state index in [9.17, 15) is 13.6 Å². The van der Waals surface area contributed by atoms with Crippen molar-refractivity contribution < 1.29 is 13.6 Å². The molecule has 1 N–H and O–H groups in total. The number of hydrogen-bond donors (Lipinski definition) is 1. The van der Waals surface area contributed by atoms with Crippen LogP contribution in [0.1, 0.15) is 43.2 Å². The molecule has 5 nitrogen and oxygen atoms in total. The Morgan fingerprint density at radius 2 is 2.07 bits per heavy atom. The predicted octanol–water partition coefficient (Wildman–Crippen LogP) is 5.48. The van der Waals surface area contributed by atoms with Gasteiger partial charge in [-0.3, -0.25) is 9.36 Å². The quantitative estimate of drug-likeness (QED) is 0.508. The van der Waals surface area contributed by atoms with E-state index in [1.54, 1.807) is 11.3 Å². The highest BCUT2D eigenvalue weighted by Crippen LogP contribution is 2.37. The Kier molecular flexibility index (Phi) is 6.19. The molecule has 0 aliphatic heterocycles. The zero-order valence-electron chi connectivity index (χ0n) is 16.7. The van der Waals surface area contributed by atoms with E-state index in [0.29, 0.717) is 5.16 Å². The van der Waals surface area contributed by atoms with Crippen LogP contribution in [0.4, 0.5) is 14.5 Å². The number of halogens is 2. The maximum absolute atomic E-state index is 13.8. The molecule has 0 unspecified atom stereocenters. The highest BCUT2D eigenvalue weighted by Gasteiger charge is 2.23. The van der Waals surface area contributed by atoms with Crippen LogP contribution in [0.25, 0.3) is 11.4 Å². The molecule has 1 amide bonds. The molecule has 3 aromatic rings. The molecule has 0 fully saturated rings. The van der Waals surface area contributed by atoms with E-state index < -0.39 is 17.5 Å². The molecule has 0 saturated heterocycles. The van der Waals surface area contributed by atoms with Gasteiger partial charge in [0.15, 0.2) is 11.0 Å². The van der Waals surface area contributed by atoms with Crippen LogP contribution in [0.15, 0.2) is 28.7 Å². The highest BCUT2D eigenvalue weighted by atomic mass is 32.2. The fraction of sp³-hybridized carbons (Fsp3) is 0.381. The first-order valence-corrected chi connectivity index (χ1v) is 11.7. The number of thioether (sulfide) groups is 1. The number of carbonyl (C=O) groups excluding carboxylic acids is 1.